The first-order valence-electron chi connectivity index (χ1n) is 9.14. The van der Waals surface area contributed by atoms with Crippen LogP contribution in [0.5, 0.6) is 5.75 Å². The first-order chi connectivity index (χ1) is 14.3. The van der Waals surface area contributed by atoms with Gasteiger partial charge in [0.25, 0.3) is 11.8 Å². The van der Waals surface area contributed by atoms with Crippen LogP contribution in [0, 0.1) is 0 Å². The number of hydrogen-bond acceptors (Lipinski definition) is 7. The van der Waals surface area contributed by atoms with E-state index in [1.54, 1.807) is 26.0 Å². The minimum absolute atomic E-state index is 0.0371. The average Bonchev–Trinajstić information content (AvgIpc) is 2.99. The van der Waals surface area contributed by atoms with Gasteiger partial charge in [-0.25, -0.2) is 13.2 Å². The normalized spacial score (nSPS) is 13.5. The topological polar surface area (TPSA) is 110 Å². The quantitative estimate of drug-likeness (QED) is 0.616. The molecule has 0 fully saturated rings. The van der Waals surface area contributed by atoms with Crippen LogP contribution in [0.1, 0.15) is 44.9 Å². The zero-order chi connectivity index (χ0) is 22.1. The van der Waals surface area contributed by atoms with Gasteiger partial charge >= 0.3 is 5.97 Å². The van der Waals surface area contributed by atoms with Crippen LogP contribution >= 0.6 is 0 Å². The van der Waals surface area contributed by atoms with Gasteiger partial charge in [0.2, 0.25) is 10.0 Å². The van der Waals surface area contributed by atoms with Crippen LogP contribution in [0.15, 0.2) is 47.4 Å². The minimum atomic E-state index is -3.85. The molecule has 0 unspecified atom stereocenters. The number of amides is 2. The van der Waals surface area contributed by atoms with Crippen molar-refractivity contribution in [2.24, 2.45) is 0 Å². The standard InChI is InChI=1S/C20H20N2O7S/c1-4-21(5-2)30(26,27)13-10-11-17(28-3)16(12-13)20(25)29-22-18(23)14-8-6-7-9-15(14)19(22)24/h6-12H,4-5H2,1-3H3. The Kier molecular flexibility index (Phi) is 5.90. The van der Waals surface area contributed by atoms with E-state index in [1.807, 2.05) is 0 Å². The van der Waals surface area contributed by atoms with Crippen molar-refractivity contribution in [3.8, 4) is 5.75 Å². The lowest BCUT2D eigenvalue weighted by molar-refractivity contribution is -0.0586. The van der Waals surface area contributed by atoms with E-state index in [-0.39, 0.29) is 40.4 Å². The molecule has 0 atom stereocenters. The van der Waals surface area contributed by atoms with E-state index < -0.39 is 27.8 Å². The lowest BCUT2D eigenvalue weighted by Crippen LogP contribution is -2.33. The fraction of sp³-hybridized carbons (Fsp3) is 0.250. The van der Waals surface area contributed by atoms with Crippen molar-refractivity contribution in [1.29, 1.82) is 0 Å². The number of hydrogen-bond donors (Lipinski definition) is 0. The fourth-order valence-corrected chi connectivity index (χ4v) is 4.59. The van der Waals surface area contributed by atoms with Gasteiger partial charge in [0.15, 0.2) is 0 Å². The number of methoxy groups -OCH3 is 1. The molecule has 1 aliphatic heterocycles. The highest BCUT2D eigenvalue weighted by molar-refractivity contribution is 7.89. The van der Waals surface area contributed by atoms with Crippen LogP contribution < -0.4 is 4.74 Å². The second-order valence-electron chi connectivity index (χ2n) is 6.28. The first-order valence-corrected chi connectivity index (χ1v) is 10.6. The van der Waals surface area contributed by atoms with Crippen molar-refractivity contribution >= 4 is 27.8 Å². The molecule has 30 heavy (non-hydrogen) atoms. The van der Waals surface area contributed by atoms with Crippen LogP contribution in [0.3, 0.4) is 0 Å². The predicted molar refractivity (Wildman–Crippen MR) is 105 cm³/mol. The SMILES string of the molecule is CCN(CC)S(=O)(=O)c1ccc(OC)c(C(=O)ON2C(=O)c3ccccc3C2=O)c1. The maximum Gasteiger partial charge on any atom is 0.367 e. The highest BCUT2D eigenvalue weighted by Gasteiger charge is 2.39. The number of carbonyl (C=O) groups is 3. The summed E-state index contributed by atoms with van der Waals surface area (Å²) in [7, 11) is -2.55. The molecule has 9 nitrogen and oxygen atoms in total. The monoisotopic (exact) mass is 432 g/mol. The molecule has 158 valence electrons. The summed E-state index contributed by atoms with van der Waals surface area (Å²) in [4.78, 5) is 42.5. The highest BCUT2D eigenvalue weighted by Crippen LogP contribution is 2.28. The molecule has 0 saturated heterocycles. The molecule has 0 aliphatic carbocycles. The van der Waals surface area contributed by atoms with Gasteiger partial charge in [-0.3, -0.25) is 9.59 Å². The number of hydroxylamine groups is 2. The fourth-order valence-electron chi connectivity index (χ4n) is 3.10. The number of ether oxygens (including phenoxy) is 1. The van der Waals surface area contributed by atoms with E-state index in [0.29, 0.717) is 5.06 Å². The Morgan fingerprint density at radius 2 is 1.57 bits per heavy atom. The lowest BCUT2D eigenvalue weighted by atomic mass is 10.1. The molecule has 1 aliphatic rings. The summed E-state index contributed by atoms with van der Waals surface area (Å²) in [5, 5.41) is 0.359. The van der Waals surface area contributed by atoms with Gasteiger partial charge in [0.1, 0.15) is 11.3 Å². The molecule has 0 N–H and O–H groups in total. The molecule has 0 spiro atoms. The van der Waals surface area contributed by atoms with Crippen LogP contribution in [0.2, 0.25) is 0 Å². The van der Waals surface area contributed by atoms with Crippen molar-refractivity contribution in [3.63, 3.8) is 0 Å². The molecular formula is C20H20N2O7S. The lowest BCUT2D eigenvalue weighted by Gasteiger charge is -2.19. The highest BCUT2D eigenvalue weighted by atomic mass is 32.2. The van der Waals surface area contributed by atoms with Crippen molar-refractivity contribution in [1.82, 2.24) is 9.37 Å². The number of sulfonamides is 1. The van der Waals surface area contributed by atoms with Gasteiger partial charge in [-0.1, -0.05) is 31.0 Å². The maximum atomic E-state index is 12.8. The molecule has 0 radical (unpaired) electrons. The Morgan fingerprint density at radius 3 is 2.07 bits per heavy atom. The van der Waals surface area contributed by atoms with Gasteiger partial charge in [-0.2, -0.15) is 4.31 Å². The molecule has 0 aromatic heterocycles. The molecule has 1 heterocycles. The number of nitrogens with zero attached hydrogens (tertiary/aromatic N) is 2. The largest absolute Gasteiger partial charge is 0.496 e. The Labute approximate surface area is 173 Å². The van der Waals surface area contributed by atoms with Crippen molar-refractivity contribution in [2.45, 2.75) is 18.7 Å². The van der Waals surface area contributed by atoms with Crippen molar-refractivity contribution in [3.05, 3.63) is 59.2 Å². The van der Waals surface area contributed by atoms with Gasteiger partial charge in [-0.05, 0) is 30.3 Å². The zero-order valence-corrected chi connectivity index (χ0v) is 17.4. The summed E-state index contributed by atoms with van der Waals surface area (Å²) in [6.45, 7) is 3.89. The minimum Gasteiger partial charge on any atom is -0.496 e. The summed E-state index contributed by atoms with van der Waals surface area (Å²) in [5.74, 6) is -2.63. The van der Waals surface area contributed by atoms with Gasteiger partial charge in [0.05, 0.1) is 23.1 Å². The van der Waals surface area contributed by atoms with E-state index in [4.69, 9.17) is 9.57 Å². The van der Waals surface area contributed by atoms with Gasteiger partial charge in [0, 0.05) is 13.1 Å². The first kappa shape index (κ1) is 21.5. The van der Waals surface area contributed by atoms with Crippen LogP contribution in [0.25, 0.3) is 0 Å². The van der Waals surface area contributed by atoms with Gasteiger partial charge < -0.3 is 9.57 Å². The summed E-state index contributed by atoms with van der Waals surface area (Å²) in [5.41, 5.74) is -0.0115. The Bertz CT molecular complexity index is 1090. The van der Waals surface area contributed by atoms with Crippen molar-refractivity contribution < 1.29 is 32.4 Å². The summed E-state index contributed by atoms with van der Waals surface area (Å²) in [6.07, 6.45) is 0. The molecule has 2 amide bonds. The molecule has 2 aromatic rings. The third kappa shape index (κ3) is 3.55. The Hall–Kier alpha value is -3.24. The van der Waals surface area contributed by atoms with E-state index in [2.05, 4.69) is 0 Å². The Balaban J connectivity index is 1.95. The molecule has 0 bridgehead atoms. The number of rotatable bonds is 7. The second-order valence-corrected chi connectivity index (χ2v) is 8.22. The third-order valence-electron chi connectivity index (χ3n) is 4.67. The average molecular weight is 432 g/mol. The molecule has 10 heteroatoms. The number of imide groups is 1. The van der Waals surface area contributed by atoms with Crippen molar-refractivity contribution in [2.75, 3.05) is 20.2 Å². The Morgan fingerprint density at radius 1 is 1.00 bits per heavy atom. The summed E-state index contributed by atoms with van der Waals surface area (Å²) in [6, 6.07) is 9.79. The van der Waals surface area contributed by atoms with E-state index in [0.717, 1.165) is 6.07 Å². The van der Waals surface area contributed by atoms with Gasteiger partial charge in [-0.15, -0.1) is 0 Å². The molecule has 0 saturated carbocycles. The third-order valence-corrected chi connectivity index (χ3v) is 6.71. The molecule has 3 rings (SSSR count). The maximum absolute atomic E-state index is 12.8. The zero-order valence-electron chi connectivity index (χ0n) is 16.6. The van der Waals surface area contributed by atoms with Crippen LogP contribution in [-0.4, -0.2) is 55.8 Å². The van der Waals surface area contributed by atoms with Crippen LogP contribution in [0.4, 0.5) is 0 Å². The second kappa shape index (κ2) is 8.25. The molecular weight excluding hydrogens is 412 g/mol. The van der Waals surface area contributed by atoms with E-state index in [1.165, 1.54) is 35.7 Å². The summed E-state index contributed by atoms with van der Waals surface area (Å²) >= 11 is 0. The number of carbonyl (C=O) groups excluding carboxylic acids is 3. The van der Waals surface area contributed by atoms with E-state index >= 15 is 0 Å². The number of benzene rings is 2. The smallest absolute Gasteiger partial charge is 0.367 e. The summed E-state index contributed by atoms with van der Waals surface area (Å²) < 4.78 is 31.9. The number of fused-ring (bicyclic) bond motifs is 1. The predicted octanol–water partition coefficient (Wildman–Crippen LogP) is 2.09. The molecule has 2 aromatic carbocycles. The van der Waals surface area contributed by atoms with E-state index in [9.17, 15) is 22.8 Å². The van der Waals surface area contributed by atoms with Crippen LogP contribution in [-0.2, 0) is 14.9 Å².